The van der Waals surface area contributed by atoms with E-state index in [2.05, 4.69) is 45.5 Å². The summed E-state index contributed by atoms with van der Waals surface area (Å²) in [6, 6.07) is 12.7. The highest BCUT2D eigenvalue weighted by atomic mass is 32.1. The maximum Gasteiger partial charge on any atom is 0.129 e. The summed E-state index contributed by atoms with van der Waals surface area (Å²) >= 11 is 1.80. The minimum absolute atomic E-state index is 0.947. The van der Waals surface area contributed by atoms with E-state index in [0.717, 1.165) is 57.1 Å². The van der Waals surface area contributed by atoms with Crippen molar-refractivity contribution in [2.45, 2.75) is 12.8 Å². The molecule has 3 aromatic rings. The third-order valence-corrected chi connectivity index (χ3v) is 5.61. The maximum atomic E-state index is 4.79. The van der Waals surface area contributed by atoms with Crippen LogP contribution in [-0.4, -0.2) is 47.6 Å². The number of aryl methyl sites for hydroxylation is 1. The van der Waals surface area contributed by atoms with Gasteiger partial charge in [0.05, 0.1) is 10.6 Å². The highest BCUT2D eigenvalue weighted by Crippen LogP contribution is 2.32. The largest absolute Gasteiger partial charge is 0.314 e. The van der Waals surface area contributed by atoms with Crippen LogP contribution < -0.4 is 5.32 Å². The molecule has 1 N–H and O–H groups in total. The lowest BCUT2D eigenvalue weighted by atomic mass is 10.2. The molecule has 0 spiro atoms. The van der Waals surface area contributed by atoms with Crippen molar-refractivity contribution >= 4 is 21.4 Å². The molecule has 1 saturated heterocycles. The molecule has 0 bridgehead atoms. The summed E-state index contributed by atoms with van der Waals surface area (Å²) < 4.78 is 1.31. The first kappa shape index (κ1) is 15.7. The average molecular weight is 338 g/mol. The molecule has 2 aromatic heterocycles. The van der Waals surface area contributed by atoms with Crippen molar-refractivity contribution in [1.82, 2.24) is 20.2 Å². The lowest BCUT2D eigenvalue weighted by Crippen LogP contribution is -2.43. The highest BCUT2D eigenvalue weighted by molar-refractivity contribution is 7.22. The topological polar surface area (TPSA) is 41.1 Å². The number of hydrogen-bond donors (Lipinski definition) is 1. The Balaban J connectivity index is 1.43. The van der Waals surface area contributed by atoms with Gasteiger partial charge >= 0.3 is 0 Å². The summed E-state index contributed by atoms with van der Waals surface area (Å²) in [7, 11) is 0. The van der Waals surface area contributed by atoms with E-state index in [1.807, 2.05) is 12.3 Å². The molecule has 0 amide bonds. The van der Waals surface area contributed by atoms with Gasteiger partial charge in [-0.2, -0.15) is 0 Å². The monoisotopic (exact) mass is 338 g/mol. The molecule has 0 atom stereocenters. The molecule has 1 aliphatic rings. The number of hydrogen-bond acceptors (Lipinski definition) is 5. The van der Waals surface area contributed by atoms with Crippen LogP contribution in [0.5, 0.6) is 0 Å². The fraction of sp³-hybridized carbons (Fsp3) is 0.368. The third kappa shape index (κ3) is 3.64. The van der Waals surface area contributed by atoms with E-state index in [1.165, 1.54) is 15.0 Å². The van der Waals surface area contributed by atoms with E-state index in [1.54, 1.807) is 11.3 Å². The van der Waals surface area contributed by atoms with E-state index < -0.39 is 0 Å². The Hall–Kier alpha value is -1.82. The molecule has 0 radical (unpaired) electrons. The van der Waals surface area contributed by atoms with Gasteiger partial charge in [0.1, 0.15) is 5.82 Å². The Morgan fingerprint density at radius 1 is 1.12 bits per heavy atom. The van der Waals surface area contributed by atoms with Gasteiger partial charge in [0, 0.05) is 43.5 Å². The summed E-state index contributed by atoms with van der Waals surface area (Å²) in [6.45, 7) is 5.67. The number of fused-ring (bicyclic) bond motifs is 1. The molecule has 0 unspecified atom stereocenters. The standard InChI is InChI=1S/C19H22N4S/c1-2-5-17-15(4-1)14-18(24-17)16-7-8-21-19(22-16)6-3-11-23-12-9-20-10-13-23/h1-2,4-5,7-8,14,20H,3,6,9-13H2. The van der Waals surface area contributed by atoms with Crippen molar-refractivity contribution in [3.05, 3.63) is 48.4 Å². The molecular formula is C19H22N4S. The Labute approximate surface area is 146 Å². The van der Waals surface area contributed by atoms with Crippen LogP contribution in [0.15, 0.2) is 42.6 Å². The summed E-state index contributed by atoms with van der Waals surface area (Å²) in [5.74, 6) is 0.958. The zero-order valence-corrected chi connectivity index (χ0v) is 14.6. The van der Waals surface area contributed by atoms with Gasteiger partial charge in [0.15, 0.2) is 0 Å². The SMILES string of the molecule is c1ccc2sc(-c3ccnc(CCCN4CCNCC4)n3)cc2c1. The van der Waals surface area contributed by atoms with E-state index in [4.69, 9.17) is 4.98 Å². The van der Waals surface area contributed by atoms with E-state index in [9.17, 15) is 0 Å². The lowest BCUT2D eigenvalue weighted by Gasteiger charge is -2.26. The molecule has 4 nitrogen and oxygen atoms in total. The molecule has 124 valence electrons. The van der Waals surface area contributed by atoms with Crippen LogP contribution in [0.1, 0.15) is 12.2 Å². The van der Waals surface area contributed by atoms with Gasteiger partial charge in [-0.3, -0.25) is 0 Å². The zero-order chi connectivity index (χ0) is 16.2. The summed E-state index contributed by atoms with van der Waals surface area (Å²) in [5.41, 5.74) is 1.04. The molecule has 0 saturated carbocycles. The number of nitrogens with zero attached hydrogens (tertiary/aromatic N) is 3. The van der Waals surface area contributed by atoms with Gasteiger partial charge in [-0.15, -0.1) is 11.3 Å². The van der Waals surface area contributed by atoms with Gasteiger partial charge in [-0.1, -0.05) is 18.2 Å². The van der Waals surface area contributed by atoms with Crippen LogP contribution in [0.2, 0.25) is 0 Å². The molecule has 24 heavy (non-hydrogen) atoms. The minimum Gasteiger partial charge on any atom is -0.314 e. The fourth-order valence-electron chi connectivity index (χ4n) is 3.16. The fourth-order valence-corrected chi connectivity index (χ4v) is 4.19. The molecule has 3 heterocycles. The zero-order valence-electron chi connectivity index (χ0n) is 13.7. The first-order valence-corrected chi connectivity index (χ1v) is 9.44. The first-order valence-electron chi connectivity index (χ1n) is 8.62. The summed E-state index contributed by atoms with van der Waals surface area (Å²) in [6.07, 6.45) is 3.96. The van der Waals surface area contributed by atoms with Gasteiger partial charge in [0.25, 0.3) is 0 Å². The molecule has 5 heteroatoms. The molecule has 1 fully saturated rings. The predicted octanol–water partition coefficient (Wildman–Crippen LogP) is 3.20. The second kappa shape index (κ2) is 7.38. The number of rotatable bonds is 5. The van der Waals surface area contributed by atoms with Crippen molar-refractivity contribution < 1.29 is 0 Å². The number of piperazine rings is 1. The molecule has 0 aliphatic carbocycles. The van der Waals surface area contributed by atoms with Gasteiger partial charge in [0.2, 0.25) is 0 Å². The number of thiophene rings is 1. The first-order chi connectivity index (χ1) is 11.9. The minimum atomic E-state index is 0.947. The Morgan fingerprint density at radius 2 is 2.00 bits per heavy atom. The van der Waals surface area contributed by atoms with Crippen LogP contribution in [0.4, 0.5) is 0 Å². The Morgan fingerprint density at radius 3 is 2.88 bits per heavy atom. The van der Waals surface area contributed by atoms with E-state index >= 15 is 0 Å². The van der Waals surface area contributed by atoms with Crippen molar-refractivity contribution in [3.63, 3.8) is 0 Å². The molecule has 4 rings (SSSR count). The van der Waals surface area contributed by atoms with Crippen molar-refractivity contribution in [1.29, 1.82) is 0 Å². The smallest absolute Gasteiger partial charge is 0.129 e. The van der Waals surface area contributed by atoms with Gasteiger partial charge in [-0.05, 0) is 36.6 Å². The van der Waals surface area contributed by atoms with Gasteiger partial charge in [-0.25, -0.2) is 9.97 Å². The van der Waals surface area contributed by atoms with Crippen LogP contribution >= 0.6 is 11.3 Å². The number of nitrogens with one attached hydrogen (secondary N) is 1. The van der Waals surface area contributed by atoms with Crippen molar-refractivity contribution in [2.75, 3.05) is 32.7 Å². The second-order valence-corrected chi connectivity index (χ2v) is 7.29. The van der Waals surface area contributed by atoms with Crippen molar-refractivity contribution in [3.8, 4) is 10.6 Å². The van der Waals surface area contributed by atoms with Crippen molar-refractivity contribution in [2.24, 2.45) is 0 Å². The Bertz CT molecular complexity index is 775. The number of aromatic nitrogens is 2. The summed E-state index contributed by atoms with van der Waals surface area (Å²) in [4.78, 5) is 13.0. The lowest BCUT2D eigenvalue weighted by molar-refractivity contribution is 0.238. The molecule has 1 aliphatic heterocycles. The third-order valence-electron chi connectivity index (χ3n) is 4.47. The average Bonchev–Trinajstić information content (AvgIpc) is 3.07. The van der Waals surface area contributed by atoms with Crippen LogP contribution in [0.25, 0.3) is 20.7 Å². The van der Waals surface area contributed by atoms with E-state index in [0.29, 0.717) is 0 Å². The highest BCUT2D eigenvalue weighted by Gasteiger charge is 2.10. The van der Waals surface area contributed by atoms with Crippen LogP contribution in [0.3, 0.4) is 0 Å². The quantitative estimate of drug-likeness (QED) is 0.776. The Kier molecular flexibility index (Phi) is 4.83. The normalized spacial score (nSPS) is 15.8. The van der Waals surface area contributed by atoms with E-state index in [-0.39, 0.29) is 0 Å². The second-order valence-electron chi connectivity index (χ2n) is 6.20. The maximum absolute atomic E-state index is 4.79. The molecular weight excluding hydrogens is 316 g/mol. The number of benzene rings is 1. The summed E-state index contributed by atoms with van der Waals surface area (Å²) in [5, 5.41) is 4.68. The van der Waals surface area contributed by atoms with Crippen LogP contribution in [0, 0.1) is 0 Å². The predicted molar refractivity (Wildman–Crippen MR) is 100 cm³/mol. The van der Waals surface area contributed by atoms with Crippen LogP contribution in [-0.2, 0) is 6.42 Å². The molecule has 1 aromatic carbocycles. The van der Waals surface area contributed by atoms with Gasteiger partial charge < -0.3 is 10.2 Å².